The number of carbonyl (C=O) groups excluding carboxylic acids is 1. The third-order valence-electron chi connectivity index (χ3n) is 5.97. The maximum atomic E-state index is 13.0. The number of anilines is 1. The lowest BCUT2D eigenvalue weighted by molar-refractivity contribution is -0.145. The molecule has 0 amide bonds. The highest BCUT2D eigenvalue weighted by atomic mass is 16.5. The molecule has 0 radical (unpaired) electrons. The summed E-state index contributed by atoms with van der Waals surface area (Å²) in [4.78, 5) is 22.5. The quantitative estimate of drug-likeness (QED) is 0.537. The van der Waals surface area contributed by atoms with Gasteiger partial charge in [0.15, 0.2) is 0 Å². The minimum absolute atomic E-state index is 0.220. The first-order chi connectivity index (χ1) is 16.3. The number of carbonyl (C=O) groups is 1. The third-order valence-corrected chi connectivity index (χ3v) is 5.97. The van der Waals surface area contributed by atoms with E-state index in [4.69, 9.17) is 14.5 Å². The van der Waals surface area contributed by atoms with E-state index < -0.39 is 0 Å². The topological polar surface area (TPSA) is 54.4 Å². The van der Waals surface area contributed by atoms with Crippen LogP contribution in [0.3, 0.4) is 0 Å². The van der Waals surface area contributed by atoms with Crippen molar-refractivity contribution in [1.82, 2.24) is 4.90 Å². The fourth-order valence-electron chi connectivity index (χ4n) is 4.34. The Kier molecular flexibility index (Phi) is 6.35. The molecule has 3 aromatic rings. The van der Waals surface area contributed by atoms with Crippen molar-refractivity contribution in [2.24, 2.45) is 4.99 Å². The molecule has 3 aromatic carbocycles. The van der Waals surface area contributed by atoms with Gasteiger partial charge >= 0.3 is 5.97 Å². The van der Waals surface area contributed by atoms with Gasteiger partial charge in [0.2, 0.25) is 5.96 Å². The number of morpholine rings is 1. The molecule has 2 heterocycles. The standard InChI is InChI=1S/C27H27N3O3/c31-26(33-20-21-9-3-1-4-10-21)19-25-23-13-7-8-14-24(23)28-27(29-15-17-32-18-16-29)30(25)22-11-5-2-6-12-22/h1-14,25H,15-20H2. The molecule has 1 atom stereocenters. The summed E-state index contributed by atoms with van der Waals surface area (Å²) in [5, 5.41) is 0. The van der Waals surface area contributed by atoms with Crippen LogP contribution in [-0.4, -0.2) is 43.1 Å². The number of benzene rings is 3. The number of ether oxygens (including phenoxy) is 2. The molecule has 0 bridgehead atoms. The van der Waals surface area contributed by atoms with E-state index in [1.54, 1.807) is 0 Å². The van der Waals surface area contributed by atoms with Gasteiger partial charge in [0.1, 0.15) is 6.61 Å². The maximum absolute atomic E-state index is 13.0. The van der Waals surface area contributed by atoms with Crippen LogP contribution in [0, 0.1) is 0 Å². The summed E-state index contributed by atoms with van der Waals surface area (Å²) in [5.74, 6) is 0.617. The number of esters is 1. The maximum Gasteiger partial charge on any atom is 0.308 e. The monoisotopic (exact) mass is 441 g/mol. The molecule has 1 fully saturated rings. The second-order valence-corrected chi connectivity index (χ2v) is 8.14. The van der Waals surface area contributed by atoms with Crippen LogP contribution in [0.1, 0.15) is 23.6 Å². The Morgan fingerprint density at radius 2 is 1.58 bits per heavy atom. The molecule has 0 saturated carbocycles. The normalized spacial score (nSPS) is 17.8. The SMILES string of the molecule is O=C(CC1c2ccccc2N=C(N2CCOCC2)N1c1ccccc1)OCc1ccccc1. The average Bonchev–Trinajstić information content (AvgIpc) is 2.89. The zero-order chi connectivity index (χ0) is 22.5. The molecule has 2 aliphatic rings. The number of rotatable bonds is 5. The summed E-state index contributed by atoms with van der Waals surface area (Å²) >= 11 is 0. The number of hydrogen-bond acceptors (Lipinski definition) is 6. The fourth-order valence-corrected chi connectivity index (χ4v) is 4.34. The molecule has 0 N–H and O–H groups in total. The molecule has 2 aliphatic heterocycles. The van der Waals surface area contributed by atoms with Gasteiger partial charge in [-0.05, 0) is 23.8 Å². The van der Waals surface area contributed by atoms with Gasteiger partial charge < -0.3 is 19.3 Å². The van der Waals surface area contributed by atoms with E-state index in [2.05, 4.69) is 28.0 Å². The number of aliphatic imine (C=N–C) groups is 1. The lowest BCUT2D eigenvalue weighted by Gasteiger charge is -2.43. The minimum atomic E-state index is -0.234. The lowest BCUT2D eigenvalue weighted by Crippen LogP contribution is -2.52. The number of para-hydroxylation sites is 2. The molecule has 5 rings (SSSR count). The Hall–Kier alpha value is -3.64. The molecule has 6 nitrogen and oxygen atoms in total. The van der Waals surface area contributed by atoms with E-state index in [1.165, 1.54) is 0 Å². The smallest absolute Gasteiger partial charge is 0.308 e. The zero-order valence-corrected chi connectivity index (χ0v) is 18.5. The Morgan fingerprint density at radius 1 is 0.909 bits per heavy atom. The first-order valence-corrected chi connectivity index (χ1v) is 11.3. The number of hydrogen-bond donors (Lipinski definition) is 0. The van der Waals surface area contributed by atoms with E-state index >= 15 is 0 Å². The zero-order valence-electron chi connectivity index (χ0n) is 18.5. The van der Waals surface area contributed by atoms with Crippen molar-refractivity contribution in [3.8, 4) is 0 Å². The lowest BCUT2D eigenvalue weighted by atomic mass is 9.97. The Bertz CT molecular complexity index is 1110. The van der Waals surface area contributed by atoms with Crippen LogP contribution in [0.15, 0.2) is 89.9 Å². The van der Waals surface area contributed by atoms with Crippen molar-refractivity contribution >= 4 is 23.3 Å². The minimum Gasteiger partial charge on any atom is -0.461 e. The highest BCUT2D eigenvalue weighted by molar-refractivity contribution is 6.01. The second-order valence-electron chi connectivity index (χ2n) is 8.14. The van der Waals surface area contributed by atoms with Crippen LogP contribution < -0.4 is 4.90 Å². The Morgan fingerprint density at radius 3 is 2.33 bits per heavy atom. The molecule has 33 heavy (non-hydrogen) atoms. The molecular formula is C27H27N3O3. The van der Waals surface area contributed by atoms with Crippen molar-refractivity contribution in [2.75, 3.05) is 31.2 Å². The molecule has 1 saturated heterocycles. The van der Waals surface area contributed by atoms with E-state index in [1.807, 2.05) is 66.7 Å². The highest BCUT2D eigenvalue weighted by Gasteiger charge is 2.36. The molecule has 0 aromatic heterocycles. The van der Waals surface area contributed by atoms with E-state index in [-0.39, 0.29) is 25.0 Å². The van der Waals surface area contributed by atoms with Crippen molar-refractivity contribution < 1.29 is 14.3 Å². The highest BCUT2D eigenvalue weighted by Crippen LogP contribution is 2.40. The van der Waals surface area contributed by atoms with Crippen LogP contribution in [0.4, 0.5) is 11.4 Å². The van der Waals surface area contributed by atoms with Gasteiger partial charge in [0.25, 0.3) is 0 Å². The van der Waals surface area contributed by atoms with Gasteiger partial charge in [-0.15, -0.1) is 0 Å². The third kappa shape index (κ3) is 4.76. The van der Waals surface area contributed by atoms with E-state index in [0.717, 1.165) is 41.6 Å². The largest absolute Gasteiger partial charge is 0.461 e. The Balaban J connectivity index is 1.48. The summed E-state index contributed by atoms with van der Waals surface area (Å²) < 4.78 is 11.2. The van der Waals surface area contributed by atoms with Crippen LogP contribution in [0.5, 0.6) is 0 Å². The van der Waals surface area contributed by atoms with Gasteiger partial charge in [-0.25, -0.2) is 4.99 Å². The first kappa shape index (κ1) is 21.2. The van der Waals surface area contributed by atoms with Crippen LogP contribution in [0.2, 0.25) is 0 Å². The van der Waals surface area contributed by atoms with Crippen molar-refractivity contribution in [2.45, 2.75) is 19.1 Å². The summed E-state index contributed by atoms with van der Waals surface area (Å²) in [6.07, 6.45) is 0.224. The molecule has 168 valence electrons. The van der Waals surface area contributed by atoms with Crippen molar-refractivity contribution in [1.29, 1.82) is 0 Å². The predicted octanol–water partition coefficient (Wildman–Crippen LogP) is 4.70. The predicted molar refractivity (Wildman–Crippen MR) is 128 cm³/mol. The van der Waals surface area contributed by atoms with Gasteiger partial charge in [-0.1, -0.05) is 66.7 Å². The van der Waals surface area contributed by atoms with E-state index in [9.17, 15) is 4.79 Å². The second kappa shape index (κ2) is 9.88. The van der Waals surface area contributed by atoms with Crippen LogP contribution in [0.25, 0.3) is 0 Å². The van der Waals surface area contributed by atoms with Gasteiger partial charge in [-0.3, -0.25) is 4.79 Å². The molecule has 6 heteroatoms. The van der Waals surface area contributed by atoms with E-state index in [0.29, 0.717) is 13.2 Å². The van der Waals surface area contributed by atoms with Gasteiger partial charge in [0, 0.05) is 24.3 Å². The molecular weight excluding hydrogens is 414 g/mol. The first-order valence-electron chi connectivity index (χ1n) is 11.3. The summed E-state index contributed by atoms with van der Waals surface area (Å²) in [7, 11) is 0. The number of fused-ring (bicyclic) bond motifs is 1. The molecule has 1 unspecified atom stereocenters. The average molecular weight is 442 g/mol. The van der Waals surface area contributed by atoms with Gasteiger partial charge in [-0.2, -0.15) is 0 Å². The van der Waals surface area contributed by atoms with Crippen molar-refractivity contribution in [3.63, 3.8) is 0 Å². The summed E-state index contributed by atoms with van der Waals surface area (Å²) in [6.45, 7) is 3.11. The summed E-state index contributed by atoms with van der Waals surface area (Å²) in [6, 6.07) is 27.7. The molecule has 0 spiro atoms. The Labute approximate surface area is 194 Å². The van der Waals surface area contributed by atoms with Crippen molar-refractivity contribution in [3.05, 3.63) is 96.1 Å². The molecule has 0 aliphatic carbocycles. The van der Waals surface area contributed by atoms with Gasteiger partial charge in [0.05, 0.1) is 31.4 Å². The number of guanidine groups is 1. The van der Waals surface area contributed by atoms with Crippen LogP contribution >= 0.6 is 0 Å². The van der Waals surface area contributed by atoms with Crippen LogP contribution in [-0.2, 0) is 20.9 Å². The number of nitrogens with zero attached hydrogens (tertiary/aromatic N) is 3. The summed E-state index contributed by atoms with van der Waals surface area (Å²) in [5.41, 5.74) is 3.89. The fraction of sp³-hybridized carbons (Fsp3) is 0.259.